The number of fused-ring (bicyclic) bond motifs is 2. The minimum absolute atomic E-state index is 0.116. The molecule has 5 heteroatoms. The number of aliphatic hydroxyl groups excluding tert-OH is 1. The Morgan fingerprint density at radius 2 is 2.30 bits per heavy atom. The van der Waals surface area contributed by atoms with Crippen LogP contribution in [0.4, 0.5) is 0 Å². The Balaban J connectivity index is 2.31. The van der Waals surface area contributed by atoms with Crippen molar-refractivity contribution in [2.45, 2.75) is 13.0 Å². The summed E-state index contributed by atoms with van der Waals surface area (Å²) in [5, 5.41) is 10.5. The lowest BCUT2D eigenvalue weighted by Gasteiger charge is -2.27. The van der Waals surface area contributed by atoms with Crippen LogP contribution in [0.25, 0.3) is 16.4 Å². The molecular formula is C15H14N2O3. The van der Waals surface area contributed by atoms with Crippen LogP contribution in [-0.2, 0) is 0 Å². The number of aryl methyl sites for hydroxylation is 1. The zero-order valence-electron chi connectivity index (χ0n) is 11.0. The number of rotatable bonds is 1. The van der Waals surface area contributed by atoms with Gasteiger partial charge in [0.25, 0.3) is 0 Å². The van der Waals surface area contributed by atoms with E-state index in [1.807, 2.05) is 37.4 Å². The quantitative estimate of drug-likeness (QED) is 0.729. The van der Waals surface area contributed by atoms with E-state index < -0.39 is 0 Å². The third-order valence-electron chi connectivity index (χ3n) is 3.89. The molecule has 4 rings (SSSR count). The first-order chi connectivity index (χ1) is 9.70. The Morgan fingerprint density at radius 3 is 3.10 bits per heavy atom. The van der Waals surface area contributed by atoms with Crippen molar-refractivity contribution in [3.8, 4) is 5.75 Å². The summed E-state index contributed by atoms with van der Waals surface area (Å²) in [4.78, 5) is 12.7. The van der Waals surface area contributed by atoms with E-state index in [1.54, 1.807) is 8.97 Å². The fourth-order valence-electron chi connectivity index (χ4n) is 3.00. The topological polar surface area (TPSA) is 55.9 Å². The van der Waals surface area contributed by atoms with Gasteiger partial charge in [0, 0.05) is 11.6 Å². The summed E-state index contributed by atoms with van der Waals surface area (Å²) in [6.45, 7) is 2.16. The summed E-state index contributed by atoms with van der Waals surface area (Å²) in [6.07, 6.45) is 1.83. The van der Waals surface area contributed by atoms with Gasteiger partial charge in [-0.2, -0.15) is 0 Å². The Bertz CT molecular complexity index is 891. The fourth-order valence-corrected chi connectivity index (χ4v) is 3.00. The minimum Gasteiger partial charge on any atom is -0.489 e. The first-order valence-electron chi connectivity index (χ1n) is 6.60. The van der Waals surface area contributed by atoms with Crippen molar-refractivity contribution in [2.75, 3.05) is 13.2 Å². The van der Waals surface area contributed by atoms with Crippen molar-refractivity contribution >= 4 is 16.4 Å². The highest BCUT2D eigenvalue weighted by Crippen LogP contribution is 2.33. The van der Waals surface area contributed by atoms with Gasteiger partial charge in [-0.15, -0.1) is 0 Å². The summed E-state index contributed by atoms with van der Waals surface area (Å²) in [5.74, 6) is 0.700. The molecule has 0 amide bonds. The number of aromatic nitrogens is 2. The predicted octanol–water partition coefficient (Wildman–Crippen LogP) is 1.49. The largest absolute Gasteiger partial charge is 0.489 e. The SMILES string of the molecule is Cc1cc2c3cccc4c3n(c(=O)n2c1)C(CO)CO4. The van der Waals surface area contributed by atoms with Crippen LogP contribution in [0.5, 0.6) is 5.75 Å². The molecule has 0 saturated heterocycles. The molecule has 0 fully saturated rings. The predicted molar refractivity (Wildman–Crippen MR) is 75.5 cm³/mol. The molecule has 102 valence electrons. The Morgan fingerprint density at radius 1 is 1.45 bits per heavy atom. The molecule has 1 atom stereocenters. The smallest absolute Gasteiger partial charge is 0.333 e. The third kappa shape index (κ3) is 1.33. The van der Waals surface area contributed by atoms with Crippen LogP contribution in [-0.4, -0.2) is 27.3 Å². The van der Waals surface area contributed by atoms with Crippen LogP contribution in [0.1, 0.15) is 11.6 Å². The second-order valence-corrected chi connectivity index (χ2v) is 5.22. The Labute approximate surface area is 114 Å². The molecular weight excluding hydrogens is 256 g/mol. The summed E-state index contributed by atoms with van der Waals surface area (Å²) in [7, 11) is 0. The van der Waals surface area contributed by atoms with E-state index in [0.717, 1.165) is 22.0 Å². The molecule has 0 aliphatic carbocycles. The maximum Gasteiger partial charge on any atom is 0.333 e. The molecule has 3 aromatic rings. The average Bonchev–Trinajstić information content (AvgIpc) is 2.86. The normalized spacial score (nSPS) is 17.6. The summed E-state index contributed by atoms with van der Waals surface area (Å²) < 4.78 is 8.98. The molecule has 5 nitrogen and oxygen atoms in total. The maximum atomic E-state index is 12.7. The number of aliphatic hydroxyl groups is 1. The lowest BCUT2D eigenvalue weighted by Crippen LogP contribution is -2.37. The Kier molecular flexibility index (Phi) is 2.23. The van der Waals surface area contributed by atoms with Gasteiger partial charge in [-0.1, -0.05) is 12.1 Å². The molecule has 1 N–H and O–H groups in total. The third-order valence-corrected chi connectivity index (χ3v) is 3.89. The van der Waals surface area contributed by atoms with Crippen LogP contribution < -0.4 is 10.4 Å². The van der Waals surface area contributed by atoms with Crippen LogP contribution in [0.2, 0.25) is 0 Å². The van der Waals surface area contributed by atoms with Gasteiger partial charge < -0.3 is 9.84 Å². The maximum absolute atomic E-state index is 12.7. The summed E-state index contributed by atoms with van der Waals surface area (Å²) in [6, 6.07) is 7.42. The van der Waals surface area contributed by atoms with Crippen molar-refractivity contribution in [2.24, 2.45) is 0 Å². The van der Waals surface area contributed by atoms with Gasteiger partial charge in [0.15, 0.2) is 0 Å². The molecule has 2 aromatic heterocycles. The number of para-hydroxylation sites is 1. The van der Waals surface area contributed by atoms with Crippen molar-refractivity contribution in [3.63, 3.8) is 0 Å². The second-order valence-electron chi connectivity index (χ2n) is 5.22. The van der Waals surface area contributed by atoms with E-state index in [-0.39, 0.29) is 18.3 Å². The van der Waals surface area contributed by atoms with E-state index in [4.69, 9.17) is 4.74 Å². The van der Waals surface area contributed by atoms with E-state index in [1.165, 1.54) is 0 Å². The number of nitrogens with zero attached hydrogens (tertiary/aromatic N) is 2. The highest BCUT2D eigenvalue weighted by Gasteiger charge is 2.25. The van der Waals surface area contributed by atoms with Gasteiger partial charge in [0.2, 0.25) is 0 Å². The van der Waals surface area contributed by atoms with Gasteiger partial charge >= 0.3 is 5.69 Å². The van der Waals surface area contributed by atoms with Gasteiger partial charge in [0.05, 0.1) is 23.7 Å². The standard InChI is InChI=1S/C15H14N2O3/c1-9-5-12-11-3-2-4-13-14(11)17(10(7-18)8-20-13)15(19)16(12)6-9/h2-6,10,18H,7-8H2,1H3. The lowest BCUT2D eigenvalue weighted by atomic mass is 10.1. The van der Waals surface area contributed by atoms with E-state index in [2.05, 4.69) is 0 Å². The molecule has 0 radical (unpaired) electrons. The first kappa shape index (κ1) is 11.5. The lowest BCUT2D eigenvalue weighted by molar-refractivity contribution is 0.155. The molecule has 20 heavy (non-hydrogen) atoms. The molecule has 0 spiro atoms. The fraction of sp³-hybridized carbons (Fsp3) is 0.267. The monoisotopic (exact) mass is 270 g/mol. The zero-order chi connectivity index (χ0) is 13.9. The zero-order valence-corrected chi connectivity index (χ0v) is 11.0. The summed E-state index contributed by atoms with van der Waals surface area (Å²) >= 11 is 0. The van der Waals surface area contributed by atoms with E-state index in [9.17, 15) is 9.90 Å². The number of hydrogen-bond donors (Lipinski definition) is 1. The molecule has 1 aliphatic heterocycles. The van der Waals surface area contributed by atoms with Crippen molar-refractivity contribution in [3.05, 3.63) is 46.5 Å². The summed E-state index contributed by atoms with van der Waals surface area (Å²) in [5.41, 5.74) is 2.55. The van der Waals surface area contributed by atoms with Crippen LogP contribution in [0.15, 0.2) is 35.3 Å². The first-order valence-corrected chi connectivity index (χ1v) is 6.60. The second kappa shape index (κ2) is 3.86. The molecule has 3 heterocycles. The van der Waals surface area contributed by atoms with E-state index >= 15 is 0 Å². The molecule has 1 aromatic carbocycles. The Hall–Kier alpha value is -2.27. The molecule has 0 bridgehead atoms. The van der Waals surface area contributed by atoms with Crippen LogP contribution in [0, 0.1) is 6.92 Å². The van der Waals surface area contributed by atoms with Crippen molar-refractivity contribution in [1.29, 1.82) is 0 Å². The van der Waals surface area contributed by atoms with Crippen molar-refractivity contribution in [1.82, 2.24) is 8.97 Å². The molecule has 0 saturated carbocycles. The number of hydrogen-bond acceptors (Lipinski definition) is 3. The number of ether oxygens (including phenoxy) is 1. The van der Waals surface area contributed by atoms with Gasteiger partial charge in [-0.25, -0.2) is 4.79 Å². The highest BCUT2D eigenvalue weighted by molar-refractivity contribution is 5.97. The highest BCUT2D eigenvalue weighted by atomic mass is 16.5. The minimum atomic E-state index is -0.341. The van der Waals surface area contributed by atoms with Crippen molar-refractivity contribution < 1.29 is 9.84 Å². The molecule has 1 unspecified atom stereocenters. The average molecular weight is 270 g/mol. The van der Waals surface area contributed by atoms with Crippen LogP contribution in [0.3, 0.4) is 0 Å². The van der Waals surface area contributed by atoms with Crippen LogP contribution >= 0.6 is 0 Å². The van der Waals surface area contributed by atoms with Gasteiger partial charge in [0.1, 0.15) is 12.4 Å². The molecule has 1 aliphatic rings. The number of benzene rings is 1. The van der Waals surface area contributed by atoms with E-state index in [0.29, 0.717) is 12.4 Å². The van der Waals surface area contributed by atoms with Gasteiger partial charge in [-0.05, 0) is 24.6 Å². The van der Waals surface area contributed by atoms with Gasteiger partial charge in [-0.3, -0.25) is 8.97 Å².